The van der Waals surface area contributed by atoms with Crippen molar-refractivity contribution in [1.82, 2.24) is 33.4 Å². The second-order valence-electron chi connectivity index (χ2n) is 9.27. The summed E-state index contributed by atoms with van der Waals surface area (Å²) in [5, 5.41) is 0. The Bertz CT molecular complexity index is 465. The van der Waals surface area contributed by atoms with Crippen molar-refractivity contribution in [2.45, 2.75) is 12.8 Å². The van der Waals surface area contributed by atoms with Gasteiger partial charge in [-0.1, -0.05) is 0 Å². The van der Waals surface area contributed by atoms with Gasteiger partial charge >= 0.3 is 177 Å². The normalized spacial score (nSPS) is 31.2. The molecule has 4 aliphatic rings. The van der Waals surface area contributed by atoms with Gasteiger partial charge in [0.15, 0.2) is 0 Å². The first-order valence-corrected chi connectivity index (χ1v) is 14.2. The van der Waals surface area contributed by atoms with Gasteiger partial charge in [-0.15, -0.1) is 0 Å². The molecule has 7 nitrogen and oxygen atoms in total. The third kappa shape index (κ3) is 3.55. The molecule has 0 aliphatic carbocycles. The number of piperazine rings is 3. The van der Waals surface area contributed by atoms with Crippen LogP contribution in [0.15, 0.2) is 0 Å². The van der Waals surface area contributed by atoms with Crippen LogP contribution in [0.5, 0.6) is 0 Å². The molecular formula is C19H41ClN7P. The van der Waals surface area contributed by atoms with Crippen molar-refractivity contribution in [3.8, 4) is 0 Å². The maximum absolute atomic E-state index is 8.36. The molecule has 4 rings (SSSR count). The summed E-state index contributed by atoms with van der Waals surface area (Å²) in [6.45, 7) is 12.6. The molecule has 0 radical (unpaired) electrons. The van der Waals surface area contributed by atoms with E-state index in [-0.39, 0.29) is 0 Å². The van der Waals surface area contributed by atoms with E-state index in [1.807, 2.05) is 0 Å². The Morgan fingerprint density at radius 3 is 0.964 bits per heavy atom. The van der Waals surface area contributed by atoms with Crippen molar-refractivity contribution in [3.63, 3.8) is 0 Å². The molecule has 0 atom stereocenters. The van der Waals surface area contributed by atoms with E-state index in [1.54, 1.807) is 0 Å². The van der Waals surface area contributed by atoms with Crippen LogP contribution in [0.4, 0.5) is 0 Å². The van der Waals surface area contributed by atoms with Crippen molar-refractivity contribution >= 4 is 17.8 Å². The van der Waals surface area contributed by atoms with Gasteiger partial charge in [0, 0.05) is 0 Å². The average Bonchev–Trinajstić information content (AvgIpc) is 3.25. The Kier molecular flexibility index (Phi) is 6.59. The minimum atomic E-state index is -3.04. The van der Waals surface area contributed by atoms with E-state index in [9.17, 15) is 0 Å². The molecule has 164 valence electrons. The molecule has 0 N–H and O–H groups in total. The second-order valence-corrected chi connectivity index (χ2v) is 15.0. The van der Waals surface area contributed by atoms with E-state index in [4.69, 9.17) is 11.2 Å². The van der Waals surface area contributed by atoms with Crippen LogP contribution < -0.4 is 0 Å². The molecule has 28 heavy (non-hydrogen) atoms. The van der Waals surface area contributed by atoms with Gasteiger partial charge in [0.2, 0.25) is 0 Å². The van der Waals surface area contributed by atoms with Gasteiger partial charge in [0.25, 0.3) is 0 Å². The number of rotatable bonds is 4. The molecule has 4 aliphatic heterocycles. The van der Waals surface area contributed by atoms with Gasteiger partial charge in [0.05, 0.1) is 0 Å². The number of hydrogen-bond acceptors (Lipinski definition) is 7. The summed E-state index contributed by atoms with van der Waals surface area (Å²) in [5.41, 5.74) is 0. The molecular weight excluding hydrogens is 393 g/mol. The number of halogens is 1. The predicted octanol–water partition coefficient (Wildman–Crippen LogP) is 1.19. The predicted molar refractivity (Wildman–Crippen MR) is 121 cm³/mol. The van der Waals surface area contributed by atoms with Crippen LogP contribution in [-0.4, -0.2) is 146 Å². The molecule has 0 spiro atoms. The number of hydrogen-bond donors (Lipinski definition) is 0. The minimum absolute atomic E-state index is 1.09. The molecule has 4 fully saturated rings. The summed E-state index contributed by atoms with van der Waals surface area (Å²) >= 11 is 8.36. The van der Waals surface area contributed by atoms with Gasteiger partial charge < -0.3 is 0 Å². The fourth-order valence-electron chi connectivity index (χ4n) is 5.54. The first-order chi connectivity index (χ1) is 13.4. The summed E-state index contributed by atoms with van der Waals surface area (Å²) in [5.74, 6) is 0. The quantitative estimate of drug-likeness (QED) is 0.613. The van der Waals surface area contributed by atoms with E-state index in [2.05, 4.69) is 54.5 Å². The Morgan fingerprint density at radius 2 is 0.679 bits per heavy atom. The van der Waals surface area contributed by atoms with Crippen molar-refractivity contribution in [3.05, 3.63) is 0 Å². The molecule has 0 bridgehead atoms. The van der Waals surface area contributed by atoms with E-state index >= 15 is 0 Å². The number of likely N-dealkylation sites (N-methyl/N-ethyl adjacent to an activating group) is 3. The van der Waals surface area contributed by atoms with Gasteiger partial charge in [-0.3, -0.25) is 0 Å². The molecule has 4 saturated heterocycles. The fourth-order valence-corrected chi connectivity index (χ4v) is 13.1. The van der Waals surface area contributed by atoms with Crippen LogP contribution in [0.1, 0.15) is 12.8 Å². The van der Waals surface area contributed by atoms with Crippen LogP contribution >= 0.6 is 17.8 Å². The van der Waals surface area contributed by atoms with Gasteiger partial charge in [-0.2, -0.15) is 0 Å². The van der Waals surface area contributed by atoms with E-state index < -0.39 is 6.56 Å². The van der Waals surface area contributed by atoms with E-state index in [1.165, 1.54) is 12.8 Å². The molecule has 0 amide bonds. The van der Waals surface area contributed by atoms with E-state index in [0.717, 1.165) is 91.6 Å². The Morgan fingerprint density at radius 1 is 0.429 bits per heavy atom. The Hall–Kier alpha value is 0.440. The molecule has 9 heteroatoms. The summed E-state index contributed by atoms with van der Waals surface area (Å²) in [4.78, 5) is 7.39. The molecule has 0 aromatic heterocycles. The van der Waals surface area contributed by atoms with Crippen molar-refractivity contribution in [2.24, 2.45) is 0 Å². The third-order valence-electron chi connectivity index (χ3n) is 7.47. The molecule has 4 heterocycles. The third-order valence-corrected chi connectivity index (χ3v) is 15.5. The molecule has 0 aromatic rings. The summed E-state index contributed by atoms with van der Waals surface area (Å²) in [6, 6.07) is 0. The summed E-state index contributed by atoms with van der Waals surface area (Å²) < 4.78 is 11.1. The first kappa shape index (κ1) is 21.7. The first-order valence-electron chi connectivity index (χ1n) is 11.2. The maximum atomic E-state index is 8.36. The topological polar surface area (TPSA) is 22.7 Å². The Labute approximate surface area is 177 Å². The van der Waals surface area contributed by atoms with Crippen molar-refractivity contribution in [2.75, 3.05) is 113 Å². The van der Waals surface area contributed by atoms with Crippen LogP contribution in [0, 0.1) is 0 Å². The average molecular weight is 434 g/mol. The van der Waals surface area contributed by atoms with Crippen LogP contribution in [-0.2, 0) is 0 Å². The molecule has 0 aromatic carbocycles. The fraction of sp³-hybridized carbons (Fsp3) is 1.00. The number of nitrogens with zero attached hydrogens (tertiary/aromatic N) is 7. The Balaban J connectivity index is 1.76. The monoisotopic (exact) mass is 433 g/mol. The molecule has 0 unspecified atom stereocenters. The van der Waals surface area contributed by atoms with Crippen LogP contribution in [0.25, 0.3) is 0 Å². The van der Waals surface area contributed by atoms with Crippen LogP contribution in [0.3, 0.4) is 0 Å². The zero-order valence-corrected chi connectivity index (χ0v) is 19.9. The zero-order chi connectivity index (χ0) is 19.8. The summed E-state index contributed by atoms with van der Waals surface area (Å²) in [7, 11) is 6.76. The van der Waals surface area contributed by atoms with Crippen molar-refractivity contribution in [1.29, 1.82) is 0 Å². The SMILES string of the molecule is CN1CCN(P(Cl)(N2CCCC2)(N2CCN(C)CC2)N2CCN(C)CC2)CC1. The van der Waals surface area contributed by atoms with Gasteiger partial charge in [0.1, 0.15) is 0 Å². The van der Waals surface area contributed by atoms with E-state index in [0.29, 0.717) is 0 Å². The van der Waals surface area contributed by atoms with Crippen molar-refractivity contribution < 1.29 is 0 Å². The van der Waals surface area contributed by atoms with Crippen LogP contribution in [0.2, 0.25) is 0 Å². The second kappa shape index (κ2) is 8.52. The zero-order valence-electron chi connectivity index (χ0n) is 18.3. The molecule has 0 saturated carbocycles. The summed E-state index contributed by atoms with van der Waals surface area (Å²) in [6.07, 6.45) is 2.58. The van der Waals surface area contributed by atoms with Gasteiger partial charge in [-0.25, -0.2) is 0 Å². The van der Waals surface area contributed by atoms with Gasteiger partial charge in [-0.05, 0) is 0 Å². The standard InChI is InChI=1S/C19H41ClN7P/c1-21-8-14-25(15-9-21)28(20,24-6-4-5-7-24,26-16-10-22(2)11-17-26)27-18-12-23(3)13-19-27/h4-19H2,1-3H3.